The third-order valence-electron chi connectivity index (χ3n) is 5.43. The summed E-state index contributed by atoms with van der Waals surface area (Å²) in [5.74, 6) is 0.800. The van der Waals surface area contributed by atoms with Gasteiger partial charge in [-0.25, -0.2) is 4.99 Å². The number of carbonyl (C=O) groups excluding carboxylic acids is 1. The number of carbonyl (C=O) groups is 1. The molecule has 0 saturated carbocycles. The van der Waals surface area contributed by atoms with Crippen molar-refractivity contribution in [1.82, 2.24) is 0 Å². The number of hydrogen-bond donors (Lipinski definition) is 0. The van der Waals surface area contributed by atoms with Crippen molar-refractivity contribution in [2.24, 2.45) is 4.99 Å². The van der Waals surface area contributed by atoms with Gasteiger partial charge in [0, 0.05) is 6.08 Å². The van der Waals surface area contributed by atoms with Crippen molar-refractivity contribution >= 4 is 57.6 Å². The van der Waals surface area contributed by atoms with Crippen LogP contribution in [0, 0.1) is 10.1 Å². The highest BCUT2D eigenvalue weighted by atomic mass is 35.5. The number of anilines is 1. The smallest absolute Gasteiger partial charge is 0.291 e. The number of furan rings is 1. The first kappa shape index (κ1) is 24.4. The number of nitrogens with zero attached hydrogens (tertiary/aromatic N) is 3. The molecular weight excluding hydrogens is 514 g/mol. The van der Waals surface area contributed by atoms with Crippen LogP contribution in [-0.2, 0) is 4.79 Å². The lowest BCUT2D eigenvalue weighted by Crippen LogP contribution is -2.28. The molecule has 0 unspecified atom stereocenters. The molecule has 10 heteroatoms. The van der Waals surface area contributed by atoms with E-state index in [9.17, 15) is 14.9 Å². The van der Waals surface area contributed by atoms with Gasteiger partial charge >= 0.3 is 0 Å². The monoisotopic (exact) mass is 531 g/mol. The first-order chi connectivity index (χ1) is 17.9. The van der Waals surface area contributed by atoms with Crippen molar-refractivity contribution in [2.45, 2.75) is 0 Å². The number of methoxy groups -OCH3 is 1. The molecule has 1 fully saturated rings. The fourth-order valence-electron chi connectivity index (χ4n) is 3.71. The summed E-state index contributed by atoms with van der Waals surface area (Å²) in [4.78, 5) is 30.8. The van der Waals surface area contributed by atoms with Crippen molar-refractivity contribution in [3.05, 3.63) is 111 Å². The summed E-state index contributed by atoms with van der Waals surface area (Å²) in [6.45, 7) is 0. The highest BCUT2D eigenvalue weighted by Crippen LogP contribution is 2.41. The van der Waals surface area contributed by atoms with Crippen LogP contribution in [-0.4, -0.2) is 23.1 Å². The number of nitro groups is 1. The fraction of sp³-hybridized carbons (Fsp3) is 0.0370. The number of hydrogen-bond acceptors (Lipinski definition) is 7. The van der Waals surface area contributed by atoms with Gasteiger partial charge in [0.25, 0.3) is 11.6 Å². The molecule has 1 amide bonds. The van der Waals surface area contributed by atoms with E-state index in [1.807, 2.05) is 60.7 Å². The normalized spacial score (nSPS) is 15.5. The van der Waals surface area contributed by atoms with Crippen molar-refractivity contribution < 1.29 is 18.9 Å². The molecule has 4 aromatic rings. The van der Waals surface area contributed by atoms with Gasteiger partial charge in [0.2, 0.25) is 0 Å². The van der Waals surface area contributed by atoms with Crippen LogP contribution in [0.5, 0.6) is 5.75 Å². The number of para-hydroxylation sites is 2. The Labute approximate surface area is 221 Å². The molecule has 5 rings (SSSR count). The van der Waals surface area contributed by atoms with Crippen LogP contribution in [0.2, 0.25) is 5.02 Å². The van der Waals surface area contributed by atoms with E-state index in [4.69, 9.17) is 25.7 Å². The minimum atomic E-state index is -0.581. The molecule has 37 heavy (non-hydrogen) atoms. The zero-order valence-corrected chi connectivity index (χ0v) is 20.9. The van der Waals surface area contributed by atoms with Crippen LogP contribution in [0.25, 0.3) is 17.4 Å². The van der Waals surface area contributed by atoms with Crippen molar-refractivity contribution in [1.29, 1.82) is 0 Å². The number of amidine groups is 1. The minimum absolute atomic E-state index is 0.0427. The Balaban J connectivity index is 1.51. The van der Waals surface area contributed by atoms with Crippen LogP contribution in [0.1, 0.15) is 5.76 Å². The van der Waals surface area contributed by atoms with E-state index in [-0.39, 0.29) is 22.4 Å². The molecule has 2 heterocycles. The summed E-state index contributed by atoms with van der Waals surface area (Å²) < 4.78 is 11.3. The van der Waals surface area contributed by atoms with E-state index in [1.165, 1.54) is 31.0 Å². The number of halogens is 1. The van der Waals surface area contributed by atoms with Crippen LogP contribution in [0.15, 0.2) is 99.2 Å². The van der Waals surface area contributed by atoms with E-state index >= 15 is 0 Å². The number of benzene rings is 3. The van der Waals surface area contributed by atoms with E-state index < -0.39 is 4.92 Å². The zero-order valence-electron chi connectivity index (χ0n) is 19.3. The maximum absolute atomic E-state index is 13.4. The second-order valence-corrected chi connectivity index (χ2v) is 9.20. The summed E-state index contributed by atoms with van der Waals surface area (Å²) >= 11 is 7.34. The molecule has 1 aliphatic rings. The van der Waals surface area contributed by atoms with Crippen molar-refractivity contribution in [3.8, 4) is 17.1 Å². The molecule has 1 aromatic heterocycles. The fourth-order valence-corrected chi connectivity index (χ4v) is 4.93. The van der Waals surface area contributed by atoms with Gasteiger partial charge in [-0.05, 0) is 54.2 Å². The molecule has 1 saturated heterocycles. The summed E-state index contributed by atoms with van der Waals surface area (Å²) in [6, 6.07) is 24.7. The summed E-state index contributed by atoms with van der Waals surface area (Å²) in [5, 5.41) is 11.7. The third-order valence-corrected chi connectivity index (χ3v) is 6.70. The average Bonchev–Trinajstić information content (AvgIpc) is 3.49. The minimum Gasteiger partial charge on any atom is -0.496 e. The van der Waals surface area contributed by atoms with Gasteiger partial charge in [0.1, 0.15) is 22.3 Å². The lowest BCUT2D eigenvalue weighted by atomic mass is 10.1. The standard InChI is InChI=1S/C27H18ClN3O5S/c1-35-24-16-22(31(33)34)21(28)15-20(24)23-13-12-19(36-23)14-25-26(32)30(18-10-6-3-7-11-18)27(37-25)29-17-8-4-2-5-9-17/h2-16H,1H3. The van der Waals surface area contributed by atoms with Crippen molar-refractivity contribution in [2.75, 3.05) is 12.0 Å². The largest absolute Gasteiger partial charge is 0.496 e. The third kappa shape index (κ3) is 5.00. The first-order valence-electron chi connectivity index (χ1n) is 11.0. The summed E-state index contributed by atoms with van der Waals surface area (Å²) in [7, 11) is 1.40. The lowest BCUT2D eigenvalue weighted by molar-refractivity contribution is -0.384. The quantitative estimate of drug-likeness (QED) is 0.147. The maximum atomic E-state index is 13.4. The zero-order chi connectivity index (χ0) is 25.9. The van der Waals surface area contributed by atoms with E-state index in [2.05, 4.69) is 0 Å². The molecule has 0 aliphatic carbocycles. The molecule has 0 bridgehead atoms. The Morgan fingerprint density at radius 3 is 2.43 bits per heavy atom. The molecule has 184 valence electrons. The van der Waals surface area contributed by atoms with Gasteiger partial charge in [0.05, 0.1) is 39.9 Å². The Kier molecular flexibility index (Phi) is 6.80. The molecule has 0 spiro atoms. The molecule has 8 nitrogen and oxygen atoms in total. The maximum Gasteiger partial charge on any atom is 0.291 e. The molecule has 1 aliphatic heterocycles. The number of ether oxygens (including phenoxy) is 1. The van der Waals surface area contributed by atoms with E-state index in [1.54, 1.807) is 23.1 Å². The Bertz CT molecular complexity index is 1550. The molecule has 0 N–H and O–H groups in total. The Hall–Kier alpha value is -4.34. The van der Waals surface area contributed by atoms with E-state index in [0.717, 1.165) is 5.69 Å². The van der Waals surface area contributed by atoms with Gasteiger partial charge < -0.3 is 9.15 Å². The van der Waals surface area contributed by atoms with Crippen LogP contribution < -0.4 is 9.64 Å². The van der Waals surface area contributed by atoms with Crippen LogP contribution in [0.3, 0.4) is 0 Å². The SMILES string of the molecule is COc1cc([N+](=O)[O-])c(Cl)cc1-c1ccc(C=C2SC(=Nc3ccccc3)N(c3ccccc3)C2=O)o1. The van der Waals surface area contributed by atoms with Gasteiger partial charge in [0.15, 0.2) is 5.17 Å². The predicted octanol–water partition coefficient (Wildman–Crippen LogP) is 7.33. The lowest BCUT2D eigenvalue weighted by Gasteiger charge is -2.15. The summed E-state index contributed by atoms with van der Waals surface area (Å²) in [5.41, 5.74) is 1.60. The molecule has 0 atom stereocenters. The molecular formula is C27H18ClN3O5S. The highest BCUT2D eigenvalue weighted by Gasteiger charge is 2.35. The predicted molar refractivity (Wildman–Crippen MR) is 145 cm³/mol. The first-order valence-corrected chi connectivity index (χ1v) is 12.2. The summed E-state index contributed by atoms with van der Waals surface area (Å²) in [6.07, 6.45) is 1.64. The molecule has 0 radical (unpaired) electrons. The number of thioether (sulfide) groups is 1. The van der Waals surface area contributed by atoms with Gasteiger partial charge in [-0.3, -0.25) is 19.8 Å². The topological polar surface area (TPSA) is 98.2 Å². The van der Waals surface area contributed by atoms with Gasteiger partial charge in [-0.15, -0.1) is 0 Å². The van der Waals surface area contributed by atoms with Gasteiger partial charge in [-0.2, -0.15) is 0 Å². The number of amides is 1. The van der Waals surface area contributed by atoms with Gasteiger partial charge in [-0.1, -0.05) is 48.0 Å². The van der Waals surface area contributed by atoms with Crippen molar-refractivity contribution in [3.63, 3.8) is 0 Å². The Morgan fingerprint density at radius 1 is 1.05 bits per heavy atom. The molecule has 3 aromatic carbocycles. The number of nitro benzene ring substituents is 1. The average molecular weight is 532 g/mol. The second kappa shape index (κ2) is 10.3. The number of rotatable bonds is 6. The highest BCUT2D eigenvalue weighted by molar-refractivity contribution is 8.19. The van der Waals surface area contributed by atoms with Crippen LogP contribution >= 0.6 is 23.4 Å². The Morgan fingerprint density at radius 2 is 1.76 bits per heavy atom. The van der Waals surface area contributed by atoms with E-state index in [0.29, 0.717) is 32.8 Å². The number of aliphatic imine (C=N–C) groups is 1. The van der Waals surface area contributed by atoms with Crippen LogP contribution in [0.4, 0.5) is 17.1 Å². The second-order valence-electron chi connectivity index (χ2n) is 7.78.